The molecule has 0 spiro atoms. The van der Waals surface area contributed by atoms with Gasteiger partial charge in [-0.2, -0.15) is 0 Å². The Morgan fingerprint density at radius 2 is 1.88 bits per heavy atom. The third kappa shape index (κ3) is 3.43. The summed E-state index contributed by atoms with van der Waals surface area (Å²) < 4.78 is 31.8. The van der Waals surface area contributed by atoms with E-state index < -0.39 is 17.5 Å². The van der Waals surface area contributed by atoms with Crippen molar-refractivity contribution in [3.05, 3.63) is 59.7 Å². The number of halogens is 2. The molecule has 122 valence electrons. The first-order chi connectivity index (χ1) is 11.6. The second-order valence-electron chi connectivity index (χ2n) is 4.72. The largest absolute Gasteiger partial charge is 0.403 e. The molecule has 0 saturated carbocycles. The molecule has 0 aliphatic carbocycles. The molecular weight excluding hydrogens is 336 g/mol. The molecule has 0 fully saturated rings. The van der Waals surface area contributed by atoms with Crippen molar-refractivity contribution in [3.8, 4) is 11.5 Å². The van der Waals surface area contributed by atoms with Gasteiger partial charge in [0.2, 0.25) is 0 Å². The summed E-state index contributed by atoms with van der Waals surface area (Å²) in [4.78, 5) is 13.1. The number of rotatable bonds is 4. The van der Waals surface area contributed by atoms with Gasteiger partial charge in [0.05, 0.1) is 5.56 Å². The lowest BCUT2D eigenvalue weighted by Gasteiger charge is -2.01. The number of hydrogen-bond acceptors (Lipinski definition) is 5. The number of benzene rings is 2. The zero-order valence-corrected chi connectivity index (χ0v) is 13.2. The normalized spacial score (nSPS) is 10.6. The van der Waals surface area contributed by atoms with Gasteiger partial charge in [-0.25, -0.2) is 8.78 Å². The van der Waals surface area contributed by atoms with Crippen molar-refractivity contribution < 1.29 is 18.0 Å². The first-order valence-corrected chi connectivity index (χ1v) is 8.03. The van der Waals surface area contributed by atoms with Crippen LogP contribution in [0.3, 0.4) is 0 Å². The van der Waals surface area contributed by atoms with Crippen molar-refractivity contribution in [2.45, 2.75) is 4.90 Å². The van der Waals surface area contributed by atoms with Crippen LogP contribution in [-0.2, 0) is 0 Å². The fraction of sp³-hybridized carbons (Fsp3) is 0.0625. The first-order valence-electron chi connectivity index (χ1n) is 6.81. The summed E-state index contributed by atoms with van der Waals surface area (Å²) in [7, 11) is 0. The van der Waals surface area contributed by atoms with E-state index in [-0.39, 0.29) is 17.5 Å². The van der Waals surface area contributed by atoms with E-state index in [9.17, 15) is 13.6 Å². The average molecular weight is 347 g/mol. The average Bonchev–Trinajstić information content (AvgIpc) is 3.03. The van der Waals surface area contributed by atoms with Crippen LogP contribution in [0.25, 0.3) is 11.5 Å². The van der Waals surface area contributed by atoms with E-state index in [0.29, 0.717) is 11.6 Å². The summed E-state index contributed by atoms with van der Waals surface area (Å²) in [5.74, 6) is -2.12. The molecule has 1 heterocycles. The molecule has 1 amide bonds. The molecule has 8 heteroatoms. The molecule has 0 atom stereocenters. The number of carbonyl (C=O) groups is 1. The zero-order valence-electron chi connectivity index (χ0n) is 12.4. The van der Waals surface area contributed by atoms with Gasteiger partial charge in [0.25, 0.3) is 11.8 Å². The maximum atomic E-state index is 13.7. The second-order valence-corrected chi connectivity index (χ2v) is 5.60. The predicted octanol–water partition coefficient (Wildman–Crippen LogP) is 3.99. The summed E-state index contributed by atoms with van der Waals surface area (Å²) in [6.07, 6.45) is 1.93. The third-order valence-electron chi connectivity index (χ3n) is 3.16. The van der Waals surface area contributed by atoms with Crippen molar-refractivity contribution in [2.24, 2.45) is 0 Å². The number of hydrogen-bond donors (Lipinski definition) is 1. The Morgan fingerprint density at radius 3 is 2.54 bits per heavy atom. The highest BCUT2D eigenvalue weighted by Gasteiger charge is 2.16. The van der Waals surface area contributed by atoms with E-state index in [1.54, 1.807) is 23.9 Å². The number of nitrogens with zero attached hydrogens (tertiary/aromatic N) is 2. The number of carbonyl (C=O) groups excluding carboxylic acids is 1. The van der Waals surface area contributed by atoms with Gasteiger partial charge in [0.1, 0.15) is 11.6 Å². The third-order valence-corrected chi connectivity index (χ3v) is 3.90. The Kier molecular flexibility index (Phi) is 4.57. The number of amides is 1. The first kappa shape index (κ1) is 16.1. The van der Waals surface area contributed by atoms with Crippen LogP contribution in [0.2, 0.25) is 0 Å². The quantitative estimate of drug-likeness (QED) is 0.723. The molecule has 0 bridgehead atoms. The smallest absolute Gasteiger partial charge is 0.322 e. The van der Waals surface area contributed by atoms with Crippen LogP contribution in [0.15, 0.2) is 51.8 Å². The monoisotopic (exact) mass is 347 g/mol. The van der Waals surface area contributed by atoms with Crippen molar-refractivity contribution >= 4 is 23.7 Å². The Bertz CT molecular complexity index is 881. The highest BCUT2D eigenvalue weighted by atomic mass is 32.2. The Hall–Kier alpha value is -2.74. The molecule has 1 aromatic heterocycles. The molecule has 1 N–H and O–H groups in total. The maximum Gasteiger partial charge on any atom is 0.322 e. The lowest BCUT2D eigenvalue weighted by atomic mass is 10.2. The lowest BCUT2D eigenvalue weighted by Crippen LogP contribution is -2.11. The molecule has 5 nitrogen and oxygen atoms in total. The van der Waals surface area contributed by atoms with Crippen LogP contribution in [-0.4, -0.2) is 22.4 Å². The van der Waals surface area contributed by atoms with Gasteiger partial charge in [0.15, 0.2) is 0 Å². The molecule has 0 saturated heterocycles. The SMILES string of the molecule is CSc1ccc(C(=O)Nc2nnc(-c3ccc(F)cc3F)o2)cc1. The van der Waals surface area contributed by atoms with E-state index in [1.807, 2.05) is 18.4 Å². The van der Waals surface area contributed by atoms with E-state index >= 15 is 0 Å². The fourth-order valence-corrected chi connectivity index (χ4v) is 2.37. The predicted molar refractivity (Wildman–Crippen MR) is 85.8 cm³/mol. The standard InChI is InChI=1S/C16H11F2N3O2S/c1-24-11-5-2-9(3-6-11)14(22)19-16-21-20-15(23-16)12-7-4-10(17)8-13(12)18/h2-8H,1H3,(H,19,21,22). The van der Waals surface area contributed by atoms with Crippen molar-refractivity contribution in [1.82, 2.24) is 10.2 Å². The lowest BCUT2D eigenvalue weighted by molar-refractivity contribution is 0.102. The Balaban J connectivity index is 1.76. The van der Waals surface area contributed by atoms with E-state index in [2.05, 4.69) is 15.5 Å². The summed E-state index contributed by atoms with van der Waals surface area (Å²) in [6.45, 7) is 0. The summed E-state index contributed by atoms with van der Waals surface area (Å²) in [5, 5.41) is 9.73. The van der Waals surface area contributed by atoms with Crippen molar-refractivity contribution in [2.75, 3.05) is 11.6 Å². The van der Waals surface area contributed by atoms with Crippen LogP contribution in [0, 0.1) is 11.6 Å². The molecule has 3 aromatic rings. The molecule has 0 unspecified atom stereocenters. The molecule has 0 aliphatic heterocycles. The number of aromatic nitrogens is 2. The van der Waals surface area contributed by atoms with Gasteiger partial charge in [-0.1, -0.05) is 5.10 Å². The van der Waals surface area contributed by atoms with Gasteiger partial charge in [-0.15, -0.1) is 16.9 Å². The minimum Gasteiger partial charge on any atom is -0.403 e. The summed E-state index contributed by atoms with van der Waals surface area (Å²) >= 11 is 1.56. The van der Waals surface area contributed by atoms with Gasteiger partial charge >= 0.3 is 6.01 Å². The molecular formula is C16H11F2N3O2S. The van der Waals surface area contributed by atoms with Crippen LogP contribution in [0.4, 0.5) is 14.8 Å². The fourth-order valence-electron chi connectivity index (χ4n) is 1.96. The minimum atomic E-state index is -0.829. The van der Waals surface area contributed by atoms with Gasteiger partial charge in [-0.3, -0.25) is 10.1 Å². The van der Waals surface area contributed by atoms with E-state index in [0.717, 1.165) is 11.0 Å². The summed E-state index contributed by atoms with van der Waals surface area (Å²) in [5.41, 5.74) is 0.370. The Morgan fingerprint density at radius 1 is 1.12 bits per heavy atom. The maximum absolute atomic E-state index is 13.7. The Labute approximate surface area is 140 Å². The minimum absolute atomic E-state index is 0.0475. The van der Waals surface area contributed by atoms with Crippen LogP contribution in [0.5, 0.6) is 0 Å². The number of anilines is 1. The number of nitrogens with one attached hydrogen (secondary N) is 1. The van der Waals surface area contributed by atoms with Gasteiger partial charge in [0, 0.05) is 16.5 Å². The highest BCUT2D eigenvalue weighted by molar-refractivity contribution is 7.98. The van der Waals surface area contributed by atoms with Crippen molar-refractivity contribution in [1.29, 1.82) is 0 Å². The van der Waals surface area contributed by atoms with Gasteiger partial charge < -0.3 is 4.42 Å². The van der Waals surface area contributed by atoms with Crippen LogP contribution < -0.4 is 5.32 Å². The number of thioether (sulfide) groups is 1. The molecule has 2 aromatic carbocycles. The second kappa shape index (κ2) is 6.79. The zero-order chi connectivity index (χ0) is 17.1. The molecule has 24 heavy (non-hydrogen) atoms. The van der Waals surface area contributed by atoms with Crippen molar-refractivity contribution in [3.63, 3.8) is 0 Å². The molecule has 0 radical (unpaired) electrons. The topological polar surface area (TPSA) is 68.0 Å². The molecule has 0 aliphatic rings. The molecule has 3 rings (SSSR count). The van der Waals surface area contributed by atoms with Crippen LogP contribution in [0.1, 0.15) is 10.4 Å². The summed E-state index contributed by atoms with van der Waals surface area (Å²) in [6, 6.07) is 9.76. The van der Waals surface area contributed by atoms with E-state index in [1.165, 1.54) is 6.07 Å². The van der Waals surface area contributed by atoms with Crippen LogP contribution >= 0.6 is 11.8 Å². The van der Waals surface area contributed by atoms with Gasteiger partial charge in [-0.05, 0) is 42.7 Å². The highest BCUT2D eigenvalue weighted by Crippen LogP contribution is 2.24. The van der Waals surface area contributed by atoms with E-state index in [4.69, 9.17) is 4.42 Å².